The monoisotopic (exact) mass is 248 g/mol. The van der Waals surface area contributed by atoms with Crippen LogP contribution in [-0.4, -0.2) is 41.9 Å². The van der Waals surface area contributed by atoms with Crippen LogP contribution in [0.3, 0.4) is 0 Å². The first kappa shape index (κ1) is 12.8. The fourth-order valence-electron chi connectivity index (χ4n) is 2.22. The Hall–Kier alpha value is -1.65. The average molecular weight is 248 g/mol. The molecule has 0 bridgehead atoms. The van der Waals surface area contributed by atoms with Gasteiger partial charge in [0.25, 0.3) is 0 Å². The fourth-order valence-corrected chi connectivity index (χ4v) is 2.22. The van der Waals surface area contributed by atoms with Crippen molar-refractivity contribution in [3.63, 3.8) is 0 Å². The lowest BCUT2D eigenvalue weighted by Gasteiger charge is -2.28. The van der Waals surface area contributed by atoms with E-state index in [0.29, 0.717) is 18.6 Å². The molecule has 0 aromatic carbocycles. The minimum atomic E-state index is 0.351. The lowest BCUT2D eigenvalue weighted by atomic mass is 10.1. The molecule has 2 rings (SSSR count). The summed E-state index contributed by atoms with van der Waals surface area (Å²) in [6.07, 6.45) is 2.87. The number of Topliss-reactive ketones (excluding diaryl/α,β-unsaturated/α-hetero) is 1. The highest BCUT2D eigenvalue weighted by atomic mass is 16.1. The van der Waals surface area contributed by atoms with Crippen LogP contribution in [0, 0.1) is 0 Å². The Labute approximate surface area is 108 Å². The van der Waals surface area contributed by atoms with Gasteiger partial charge in [-0.1, -0.05) is 0 Å². The van der Waals surface area contributed by atoms with E-state index in [1.54, 1.807) is 6.33 Å². The highest BCUT2D eigenvalue weighted by molar-refractivity contribution is 5.80. The van der Waals surface area contributed by atoms with Crippen LogP contribution in [-0.2, 0) is 4.79 Å². The van der Waals surface area contributed by atoms with Gasteiger partial charge in [0.05, 0.1) is 0 Å². The number of carbonyl (C=O) groups is 1. The molecule has 98 valence electrons. The zero-order valence-electron chi connectivity index (χ0n) is 11.1. The Morgan fingerprint density at radius 2 is 1.89 bits per heavy atom. The summed E-state index contributed by atoms with van der Waals surface area (Å²) in [6.45, 7) is 7.65. The summed E-state index contributed by atoms with van der Waals surface area (Å²) < 4.78 is 0. The van der Waals surface area contributed by atoms with Crippen molar-refractivity contribution < 1.29 is 4.79 Å². The predicted molar refractivity (Wildman–Crippen MR) is 72.0 cm³/mol. The van der Waals surface area contributed by atoms with Gasteiger partial charge in [-0.3, -0.25) is 4.79 Å². The van der Waals surface area contributed by atoms with E-state index < -0.39 is 0 Å². The second-order valence-electron chi connectivity index (χ2n) is 4.43. The highest BCUT2D eigenvalue weighted by Gasteiger charge is 2.18. The maximum absolute atomic E-state index is 11.2. The van der Waals surface area contributed by atoms with Gasteiger partial charge < -0.3 is 9.80 Å². The number of nitrogens with zero attached hydrogens (tertiary/aromatic N) is 4. The molecule has 1 aliphatic rings. The first-order valence-electron chi connectivity index (χ1n) is 6.58. The van der Waals surface area contributed by atoms with Gasteiger partial charge in [0.2, 0.25) is 0 Å². The van der Waals surface area contributed by atoms with Crippen molar-refractivity contribution in [1.29, 1.82) is 0 Å². The maximum atomic E-state index is 11.2. The van der Waals surface area contributed by atoms with Crippen LogP contribution in [0.1, 0.15) is 26.7 Å². The molecule has 5 nitrogen and oxygen atoms in total. The van der Waals surface area contributed by atoms with Crippen molar-refractivity contribution in [2.75, 3.05) is 36.0 Å². The summed E-state index contributed by atoms with van der Waals surface area (Å²) in [5.41, 5.74) is 0. The van der Waals surface area contributed by atoms with Gasteiger partial charge in [-0.05, 0) is 13.8 Å². The summed E-state index contributed by atoms with van der Waals surface area (Å²) in [6, 6.07) is 2.02. The Balaban J connectivity index is 2.14. The normalized spacial score (nSPS) is 15.9. The standard InChI is InChI=1S/C13H20N4O/c1-3-16(4-2)12-9-13(15-10-14-12)17-7-5-11(18)6-8-17/h9-10H,3-8H2,1-2H3. The summed E-state index contributed by atoms with van der Waals surface area (Å²) in [4.78, 5) is 24.2. The van der Waals surface area contributed by atoms with Crippen LogP contribution < -0.4 is 9.80 Å². The molecule has 0 radical (unpaired) electrons. The molecule has 1 fully saturated rings. The lowest BCUT2D eigenvalue weighted by molar-refractivity contribution is -0.119. The van der Waals surface area contributed by atoms with E-state index in [1.807, 2.05) is 6.07 Å². The van der Waals surface area contributed by atoms with Crippen molar-refractivity contribution in [2.45, 2.75) is 26.7 Å². The van der Waals surface area contributed by atoms with Crippen LogP contribution in [0.4, 0.5) is 11.6 Å². The molecule has 0 spiro atoms. The number of carbonyl (C=O) groups excluding carboxylic acids is 1. The molecule has 0 unspecified atom stereocenters. The second-order valence-corrected chi connectivity index (χ2v) is 4.43. The number of hydrogen-bond donors (Lipinski definition) is 0. The number of rotatable bonds is 4. The van der Waals surface area contributed by atoms with Gasteiger partial charge in [0.15, 0.2) is 0 Å². The van der Waals surface area contributed by atoms with Crippen molar-refractivity contribution in [3.8, 4) is 0 Å². The van der Waals surface area contributed by atoms with E-state index in [4.69, 9.17) is 0 Å². The van der Waals surface area contributed by atoms with E-state index in [-0.39, 0.29) is 0 Å². The predicted octanol–water partition coefficient (Wildman–Crippen LogP) is 1.49. The topological polar surface area (TPSA) is 49.3 Å². The average Bonchev–Trinajstić information content (AvgIpc) is 2.41. The minimum Gasteiger partial charge on any atom is -0.357 e. The molecule has 2 heterocycles. The maximum Gasteiger partial charge on any atom is 0.136 e. The molecule has 1 saturated heterocycles. The van der Waals surface area contributed by atoms with E-state index in [2.05, 4.69) is 33.6 Å². The second kappa shape index (κ2) is 5.80. The summed E-state index contributed by atoms with van der Waals surface area (Å²) >= 11 is 0. The molecule has 0 N–H and O–H groups in total. The number of piperidine rings is 1. The third-order valence-electron chi connectivity index (χ3n) is 3.37. The Morgan fingerprint density at radius 3 is 2.50 bits per heavy atom. The number of ketones is 1. The van der Waals surface area contributed by atoms with Crippen molar-refractivity contribution in [3.05, 3.63) is 12.4 Å². The third kappa shape index (κ3) is 2.78. The van der Waals surface area contributed by atoms with Gasteiger partial charge in [-0.2, -0.15) is 0 Å². The van der Waals surface area contributed by atoms with Crippen LogP contribution in [0.15, 0.2) is 12.4 Å². The van der Waals surface area contributed by atoms with Gasteiger partial charge in [0, 0.05) is 45.1 Å². The molecule has 0 atom stereocenters. The Morgan fingerprint density at radius 1 is 1.22 bits per heavy atom. The van der Waals surface area contributed by atoms with Gasteiger partial charge in [-0.15, -0.1) is 0 Å². The molecule has 0 aliphatic carbocycles. The van der Waals surface area contributed by atoms with Crippen molar-refractivity contribution in [1.82, 2.24) is 9.97 Å². The first-order chi connectivity index (χ1) is 8.74. The third-order valence-corrected chi connectivity index (χ3v) is 3.37. The SMILES string of the molecule is CCN(CC)c1cc(N2CCC(=O)CC2)ncn1. The number of anilines is 2. The molecule has 0 amide bonds. The fraction of sp³-hybridized carbons (Fsp3) is 0.615. The van der Waals surface area contributed by atoms with Crippen molar-refractivity contribution in [2.24, 2.45) is 0 Å². The number of hydrogen-bond acceptors (Lipinski definition) is 5. The summed E-state index contributed by atoms with van der Waals surface area (Å²) in [5, 5.41) is 0. The van der Waals surface area contributed by atoms with Crippen LogP contribution in [0.5, 0.6) is 0 Å². The largest absolute Gasteiger partial charge is 0.357 e. The van der Waals surface area contributed by atoms with E-state index in [9.17, 15) is 4.79 Å². The highest BCUT2D eigenvalue weighted by Crippen LogP contribution is 2.19. The molecular formula is C13H20N4O. The van der Waals surface area contributed by atoms with Crippen LogP contribution in [0.25, 0.3) is 0 Å². The van der Waals surface area contributed by atoms with E-state index in [1.165, 1.54) is 0 Å². The lowest BCUT2D eigenvalue weighted by Crippen LogP contribution is -2.34. The molecule has 1 aromatic rings. The van der Waals surface area contributed by atoms with Gasteiger partial charge >= 0.3 is 0 Å². The molecule has 5 heteroatoms. The summed E-state index contributed by atoms with van der Waals surface area (Å²) in [7, 11) is 0. The van der Waals surface area contributed by atoms with E-state index >= 15 is 0 Å². The Bertz CT molecular complexity index is 407. The zero-order valence-corrected chi connectivity index (χ0v) is 11.1. The molecule has 1 aromatic heterocycles. The molecule has 0 saturated carbocycles. The molecule has 18 heavy (non-hydrogen) atoms. The van der Waals surface area contributed by atoms with Gasteiger partial charge in [-0.25, -0.2) is 9.97 Å². The summed E-state index contributed by atoms with van der Waals surface area (Å²) in [5.74, 6) is 2.24. The zero-order chi connectivity index (χ0) is 13.0. The molecule has 1 aliphatic heterocycles. The van der Waals surface area contributed by atoms with Crippen molar-refractivity contribution >= 4 is 17.4 Å². The minimum absolute atomic E-state index is 0.351. The van der Waals surface area contributed by atoms with Crippen LogP contribution >= 0.6 is 0 Å². The first-order valence-corrected chi connectivity index (χ1v) is 6.58. The van der Waals surface area contributed by atoms with E-state index in [0.717, 1.165) is 37.8 Å². The quantitative estimate of drug-likeness (QED) is 0.808. The smallest absolute Gasteiger partial charge is 0.136 e. The Kier molecular flexibility index (Phi) is 4.12. The van der Waals surface area contributed by atoms with Gasteiger partial charge in [0.1, 0.15) is 23.7 Å². The molecular weight excluding hydrogens is 228 g/mol. The van der Waals surface area contributed by atoms with Crippen LogP contribution in [0.2, 0.25) is 0 Å². The number of aromatic nitrogens is 2.